The summed E-state index contributed by atoms with van der Waals surface area (Å²) in [5.41, 5.74) is 0. The van der Waals surface area contributed by atoms with Crippen molar-refractivity contribution in [2.45, 2.75) is 39.0 Å². The minimum absolute atomic E-state index is 0.0816. The van der Waals surface area contributed by atoms with Crippen LogP contribution in [0.25, 0.3) is 0 Å². The lowest BCUT2D eigenvalue weighted by Crippen LogP contribution is -2.43. The lowest BCUT2D eigenvalue weighted by atomic mass is 9.78. The maximum atomic E-state index is 12.4. The van der Waals surface area contributed by atoms with Gasteiger partial charge in [-0.2, -0.15) is 0 Å². The number of hydrogen-bond donors (Lipinski definition) is 1. The Hall–Kier alpha value is -1.50. The SMILES string of the molecule is C#CCN(CCC)C(=O)[C@@H]1CCCC[C@@H]1C(=O)O. The second-order valence-corrected chi connectivity index (χ2v) is 4.80. The summed E-state index contributed by atoms with van der Waals surface area (Å²) in [6.45, 7) is 2.85. The maximum Gasteiger partial charge on any atom is 0.307 e. The fourth-order valence-corrected chi connectivity index (χ4v) is 2.60. The molecule has 4 nitrogen and oxygen atoms in total. The van der Waals surface area contributed by atoms with Gasteiger partial charge in [-0.15, -0.1) is 6.42 Å². The summed E-state index contributed by atoms with van der Waals surface area (Å²) in [5, 5.41) is 9.19. The van der Waals surface area contributed by atoms with Crippen molar-refractivity contribution in [1.82, 2.24) is 4.90 Å². The van der Waals surface area contributed by atoms with Crippen molar-refractivity contribution in [1.29, 1.82) is 0 Å². The van der Waals surface area contributed by atoms with E-state index in [1.807, 2.05) is 6.92 Å². The number of rotatable bonds is 5. The predicted octanol–water partition coefficient (Wildman–Crippen LogP) is 1.75. The molecule has 4 heteroatoms. The first-order chi connectivity index (χ1) is 8.61. The van der Waals surface area contributed by atoms with E-state index in [0.717, 1.165) is 19.3 Å². The molecule has 2 atom stereocenters. The van der Waals surface area contributed by atoms with Crippen LogP contribution in [-0.4, -0.2) is 35.0 Å². The molecule has 1 aliphatic rings. The molecule has 0 aromatic heterocycles. The van der Waals surface area contributed by atoms with Crippen molar-refractivity contribution in [3.05, 3.63) is 0 Å². The van der Waals surface area contributed by atoms with E-state index in [2.05, 4.69) is 5.92 Å². The zero-order valence-electron chi connectivity index (χ0n) is 10.9. The highest BCUT2D eigenvalue weighted by atomic mass is 16.4. The molecule has 0 aromatic carbocycles. The molecule has 1 saturated carbocycles. The van der Waals surface area contributed by atoms with Crippen molar-refractivity contribution in [2.24, 2.45) is 11.8 Å². The molecular weight excluding hydrogens is 230 g/mol. The molecule has 1 rings (SSSR count). The van der Waals surface area contributed by atoms with Gasteiger partial charge < -0.3 is 10.0 Å². The molecule has 0 unspecified atom stereocenters. The average molecular weight is 251 g/mol. The van der Waals surface area contributed by atoms with Gasteiger partial charge >= 0.3 is 5.97 Å². The van der Waals surface area contributed by atoms with E-state index in [1.54, 1.807) is 4.90 Å². The number of amides is 1. The molecule has 0 aromatic rings. The van der Waals surface area contributed by atoms with Crippen LogP contribution in [-0.2, 0) is 9.59 Å². The third-order valence-electron chi connectivity index (χ3n) is 3.49. The molecule has 1 amide bonds. The van der Waals surface area contributed by atoms with Gasteiger partial charge in [-0.25, -0.2) is 0 Å². The van der Waals surface area contributed by atoms with Crippen LogP contribution in [0.4, 0.5) is 0 Å². The highest BCUT2D eigenvalue weighted by molar-refractivity contribution is 5.85. The van der Waals surface area contributed by atoms with Crippen LogP contribution in [0, 0.1) is 24.2 Å². The van der Waals surface area contributed by atoms with Gasteiger partial charge in [-0.05, 0) is 19.3 Å². The lowest BCUT2D eigenvalue weighted by Gasteiger charge is -2.31. The summed E-state index contributed by atoms with van der Waals surface area (Å²) < 4.78 is 0. The predicted molar refractivity (Wildman–Crippen MR) is 68.8 cm³/mol. The molecule has 0 saturated heterocycles. The maximum absolute atomic E-state index is 12.4. The summed E-state index contributed by atoms with van der Waals surface area (Å²) in [7, 11) is 0. The van der Waals surface area contributed by atoms with Crippen molar-refractivity contribution in [3.63, 3.8) is 0 Å². The normalized spacial score (nSPS) is 23.1. The third kappa shape index (κ3) is 3.49. The summed E-state index contributed by atoms with van der Waals surface area (Å²) in [6, 6.07) is 0. The summed E-state index contributed by atoms with van der Waals surface area (Å²) in [6.07, 6.45) is 9.18. The van der Waals surface area contributed by atoms with Crippen LogP contribution in [0.15, 0.2) is 0 Å². The van der Waals surface area contributed by atoms with E-state index in [1.165, 1.54) is 0 Å². The number of carbonyl (C=O) groups excluding carboxylic acids is 1. The van der Waals surface area contributed by atoms with E-state index in [9.17, 15) is 14.7 Å². The molecule has 0 bridgehead atoms. The third-order valence-corrected chi connectivity index (χ3v) is 3.49. The molecule has 1 aliphatic carbocycles. The number of nitrogens with zero attached hydrogens (tertiary/aromatic N) is 1. The van der Waals surface area contributed by atoms with Gasteiger partial charge in [0.1, 0.15) is 0 Å². The van der Waals surface area contributed by atoms with Crippen molar-refractivity contribution >= 4 is 11.9 Å². The first kappa shape index (κ1) is 14.6. The monoisotopic (exact) mass is 251 g/mol. The van der Waals surface area contributed by atoms with Gasteiger partial charge in [0.25, 0.3) is 0 Å². The molecule has 18 heavy (non-hydrogen) atoms. The van der Waals surface area contributed by atoms with E-state index >= 15 is 0 Å². The van der Waals surface area contributed by atoms with Crippen LogP contribution in [0.3, 0.4) is 0 Å². The number of carboxylic acid groups (broad SMARTS) is 1. The molecule has 0 spiro atoms. The van der Waals surface area contributed by atoms with Crippen LogP contribution in [0.5, 0.6) is 0 Å². The Morgan fingerprint density at radius 1 is 1.33 bits per heavy atom. The average Bonchev–Trinajstić information content (AvgIpc) is 2.37. The smallest absolute Gasteiger partial charge is 0.307 e. The largest absolute Gasteiger partial charge is 0.481 e. The van der Waals surface area contributed by atoms with E-state index in [0.29, 0.717) is 19.4 Å². The number of hydrogen-bond acceptors (Lipinski definition) is 2. The van der Waals surface area contributed by atoms with Gasteiger partial charge in [0.2, 0.25) is 5.91 Å². The number of carboxylic acids is 1. The number of terminal acetylenes is 1. The van der Waals surface area contributed by atoms with Crippen LogP contribution >= 0.6 is 0 Å². The Balaban J connectivity index is 2.77. The van der Waals surface area contributed by atoms with Gasteiger partial charge in [0.05, 0.1) is 18.4 Å². The highest BCUT2D eigenvalue weighted by Crippen LogP contribution is 2.31. The minimum atomic E-state index is -0.856. The molecular formula is C14H21NO3. The molecule has 1 N–H and O–H groups in total. The van der Waals surface area contributed by atoms with Crippen molar-refractivity contribution in [2.75, 3.05) is 13.1 Å². The summed E-state index contributed by atoms with van der Waals surface area (Å²) >= 11 is 0. The molecule has 0 heterocycles. The summed E-state index contributed by atoms with van der Waals surface area (Å²) in [4.78, 5) is 25.2. The first-order valence-electron chi connectivity index (χ1n) is 6.56. The van der Waals surface area contributed by atoms with Crippen LogP contribution < -0.4 is 0 Å². The number of carbonyl (C=O) groups is 2. The molecule has 0 radical (unpaired) electrons. The Kier molecular flexibility index (Phi) is 5.70. The minimum Gasteiger partial charge on any atom is -0.481 e. The van der Waals surface area contributed by atoms with Gasteiger partial charge in [-0.3, -0.25) is 9.59 Å². The second kappa shape index (κ2) is 7.05. The summed E-state index contributed by atoms with van der Waals surface area (Å²) in [5.74, 6) is 0.605. The Morgan fingerprint density at radius 3 is 2.44 bits per heavy atom. The van der Waals surface area contributed by atoms with Crippen molar-refractivity contribution < 1.29 is 14.7 Å². The van der Waals surface area contributed by atoms with E-state index in [4.69, 9.17) is 6.42 Å². The van der Waals surface area contributed by atoms with Crippen molar-refractivity contribution in [3.8, 4) is 12.3 Å². The molecule has 1 fully saturated rings. The molecule has 100 valence electrons. The van der Waals surface area contributed by atoms with Crippen LogP contribution in [0.1, 0.15) is 39.0 Å². The zero-order chi connectivity index (χ0) is 13.5. The lowest BCUT2D eigenvalue weighted by molar-refractivity contribution is -0.152. The Labute approximate surface area is 108 Å². The second-order valence-electron chi connectivity index (χ2n) is 4.80. The fourth-order valence-electron chi connectivity index (χ4n) is 2.60. The molecule has 0 aliphatic heterocycles. The number of aliphatic carboxylic acids is 1. The van der Waals surface area contributed by atoms with E-state index < -0.39 is 17.8 Å². The Morgan fingerprint density at radius 2 is 1.94 bits per heavy atom. The standard InChI is InChI=1S/C14H21NO3/c1-3-9-15(10-4-2)13(16)11-7-5-6-8-12(11)14(17)18/h1,11-12H,4-10H2,2H3,(H,17,18)/t11-,12+/m1/s1. The zero-order valence-corrected chi connectivity index (χ0v) is 10.9. The van der Waals surface area contributed by atoms with Gasteiger partial charge in [-0.1, -0.05) is 25.7 Å². The van der Waals surface area contributed by atoms with E-state index in [-0.39, 0.29) is 12.5 Å². The Bertz CT molecular complexity index is 345. The topological polar surface area (TPSA) is 57.6 Å². The quantitative estimate of drug-likeness (QED) is 0.757. The van der Waals surface area contributed by atoms with Crippen LogP contribution in [0.2, 0.25) is 0 Å². The first-order valence-corrected chi connectivity index (χ1v) is 6.56. The van der Waals surface area contributed by atoms with Gasteiger partial charge in [0, 0.05) is 6.54 Å². The highest BCUT2D eigenvalue weighted by Gasteiger charge is 2.37. The van der Waals surface area contributed by atoms with Gasteiger partial charge in [0.15, 0.2) is 0 Å². The fraction of sp³-hybridized carbons (Fsp3) is 0.714.